The molecule has 0 saturated carbocycles. The van der Waals surface area contributed by atoms with Crippen molar-refractivity contribution < 1.29 is 15.3 Å². The van der Waals surface area contributed by atoms with Gasteiger partial charge >= 0.3 is 0 Å². The Labute approximate surface area is 224 Å². The molecule has 0 saturated heterocycles. The van der Waals surface area contributed by atoms with E-state index in [1.54, 1.807) is 0 Å². The predicted octanol–water partition coefficient (Wildman–Crippen LogP) is 7.41. The average molecular weight is 503 g/mol. The van der Waals surface area contributed by atoms with E-state index in [4.69, 9.17) is 0 Å². The Kier molecular flexibility index (Phi) is 12.4. The second-order valence-corrected chi connectivity index (χ2v) is 10.4. The quantitative estimate of drug-likeness (QED) is 0.133. The minimum absolute atomic E-state index is 0.475. The van der Waals surface area contributed by atoms with E-state index in [0.717, 1.165) is 36.0 Å². The molecule has 3 N–H and O–H groups in total. The molecule has 0 radical (unpaired) electrons. The number of hydrogen-bond donors (Lipinski definition) is 3. The van der Waals surface area contributed by atoms with Crippen LogP contribution in [-0.2, 0) is 5.41 Å². The summed E-state index contributed by atoms with van der Waals surface area (Å²) in [5.41, 5.74) is 1.61. The molecule has 0 aliphatic rings. The number of benzene rings is 3. The minimum Gasteiger partial charge on any atom is -0.390 e. The molecule has 0 aromatic heterocycles. The van der Waals surface area contributed by atoms with Crippen LogP contribution < -0.4 is 0 Å². The molecule has 0 fully saturated rings. The van der Waals surface area contributed by atoms with Gasteiger partial charge in [-0.25, -0.2) is 0 Å². The third-order valence-corrected chi connectivity index (χ3v) is 7.70. The molecule has 0 aliphatic carbocycles. The van der Waals surface area contributed by atoms with Crippen molar-refractivity contribution in [3.63, 3.8) is 0 Å². The second-order valence-electron chi connectivity index (χ2n) is 10.4. The first-order valence-corrected chi connectivity index (χ1v) is 14.3. The zero-order chi connectivity index (χ0) is 26.3. The van der Waals surface area contributed by atoms with Gasteiger partial charge < -0.3 is 15.3 Å². The highest BCUT2D eigenvalue weighted by atomic mass is 16.4. The van der Waals surface area contributed by atoms with Crippen molar-refractivity contribution in [3.8, 4) is 0 Å². The fraction of sp³-hybridized carbons (Fsp3) is 0.471. The summed E-state index contributed by atoms with van der Waals surface area (Å²) >= 11 is 0. The summed E-state index contributed by atoms with van der Waals surface area (Å²) in [6.07, 6.45) is 9.11. The molecule has 3 atom stereocenters. The molecule has 3 rings (SSSR count). The van der Waals surface area contributed by atoms with Crippen molar-refractivity contribution in [1.82, 2.24) is 0 Å². The van der Waals surface area contributed by atoms with Crippen molar-refractivity contribution >= 4 is 0 Å². The summed E-state index contributed by atoms with van der Waals surface area (Å²) in [6.45, 7) is 2.25. The summed E-state index contributed by atoms with van der Waals surface area (Å²) < 4.78 is 0. The molecular weight excluding hydrogens is 456 g/mol. The highest BCUT2D eigenvalue weighted by Crippen LogP contribution is 2.43. The third kappa shape index (κ3) is 7.77. The van der Waals surface area contributed by atoms with Crippen molar-refractivity contribution in [2.75, 3.05) is 0 Å². The van der Waals surface area contributed by atoms with Crippen LogP contribution in [0.1, 0.15) is 94.2 Å². The molecule has 0 bridgehead atoms. The largest absolute Gasteiger partial charge is 0.390 e. The van der Waals surface area contributed by atoms with Crippen LogP contribution in [0.5, 0.6) is 0 Å². The van der Waals surface area contributed by atoms with Crippen LogP contribution in [0, 0.1) is 0 Å². The summed E-state index contributed by atoms with van der Waals surface area (Å²) in [4.78, 5) is 0. The lowest BCUT2D eigenvalue weighted by atomic mass is 9.64. The van der Waals surface area contributed by atoms with E-state index in [0.29, 0.717) is 6.42 Å². The number of aliphatic hydroxyl groups excluding tert-OH is 3. The highest BCUT2D eigenvalue weighted by Gasteiger charge is 2.47. The maximum atomic E-state index is 11.9. The van der Waals surface area contributed by atoms with Gasteiger partial charge in [0, 0.05) is 0 Å². The average Bonchev–Trinajstić information content (AvgIpc) is 2.95. The van der Waals surface area contributed by atoms with Crippen LogP contribution in [0.15, 0.2) is 91.0 Å². The van der Waals surface area contributed by atoms with Crippen LogP contribution in [0.2, 0.25) is 0 Å². The number of aliphatic hydroxyl groups is 3. The number of unbranched alkanes of at least 4 members (excludes halogenated alkanes) is 9. The van der Waals surface area contributed by atoms with Gasteiger partial charge in [-0.3, -0.25) is 0 Å². The number of hydrogen-bond acceptors (Lipinski definition) is 3. The van der Waals surface area contributed by atoms with Gasteiger partial charge in [-0.1, -0.05) is 162 Å². The second kappa shape index (κ2) is 15.7. The molecule has 3 aromatic carbocycles. The lowest BCUT2D eigenvalue weighted by Crippen LogP contribution is -2.52. The molecule has 2 unspecified atom stereocenters. The zero-order valence-corrected chi connectivity index (χ0v) is 22.5. The summed E-state index contributed by atoms with van der Waals surface area (Å²) in [5, 5.41) is 34.3. The minimum atomic E-state index is -1.29. The van der Waals surface area contributed by atoms with Crippen LogP contribution in [-0.4, -0.2) is 33.6 Å². The van der Waals surface area contributed by atoms with E-state index >= 15 is 0 Å². The van der Waals surface area contributed by atoms with Gasteiger partial charge in [-0.15, -0.1) is 0 Å². The summed E-state index contributed by atoms with van der Waals surface area (Å²) in [5.74, 6) is 0. The molecular formula is C34H46O3. The maximum absolute atomic E-state index is 11.9. The molecule has 3 nitrogen and oxygen atoms in total. The van der Waals surface area contributed by atoms with E-state index in [1.165, 1.54) is 44.9 Å². The van der Waals surface area contributed by atoms with Gasteiger partial charge in [0.15, 0.2) is 0 Å². The molecule has 0 heterocycles. The molecule has 3 heteroatoms. The van der Waals surface area contributed by atoms with E-state index in [1.807, 2.05) is 91.0 Å². The molecule has 0 amide bonds. The Bertz CT molecular complexity index is 877. The Morgan fingerprint density at radius 3 is 1.24 bits per heavy atom. The topological polar surface area (TPSA) is 60.7 Å². The van der Waals surface area contributed by atoms with Crippen LogP contribution >= 0.6 is 0 Å². The molecule has 200 valence electrons. The summed E-state index contributed by atoms with van der Waals surface area (Å²) in [7, 11) is 0. The first-order chi connectivity index (χ1) is 18.1. The van der Waals surface area contributed by atoms with Gasteiger partial charge in [0.25, 0.3) is 0 Å². The van der Waals surface area contributed by atoms with Gasteiger partial charge in [0.1, 0.15) is 12.2 Å². The summed E-state index contributed by atoms with van der Waals surface area (Å²) in [6, 6.07) is 29.5. The van der Waals surface area contributed by atoms with Crippen molar-refractivity contribution in [2.45, 2.75) is 101 Å². The zero-order valence-electron chi connectivity index (χ0n) is 22.5. The molecule has 0 spiro atoms. The highest BCUT2D eigenvalue weighted by molar-refractivity contribution is 5.52. The lowest BCUT2D eigenvalue weighted by molar-refractivity contribution is -0.0793. The van der Waals surface area contributed by atoms with E-state index in [2.05, 4.69) is 6.92 Å². The van der Waals surface area contributed by atoms with Crippen molar-refractivity contribution in [2.24, 2.45) is 0 Å². The number of rotatable bonds is 17. The first kappa shape index (κ1) is 29.1. The van der Waals surface area contributed by atoms with Gasteiger partial charge in [-0.05, 0) is 23.1 Å². The molecule has 0 aliphatic heterocycles. The van der Waals surface area contributed by atoms with E-state index in [9.17, 15) is 15.3 Å². The van der Waals surface area contributed by atoms with Gasteiger partial charge in [0.2, 0.25) is 0 Å². The van der Waals surface area contributed by atoms with Crippen LogP contribution in [0.3, 0.4) is 0 Å². The fourth-order valence-electron chi connectivity index (χ4n) is 5.59. The Morgan fingerprint density at radius 2 is 0.865 bits per heavy atom. The molecule has 3 aromatic rings. The van der Waals surface area contributed by atoms with E-state index < -0.39 is 23.7 Å². The normalized spacial score (nSPS) is 14.3. The van der Waals surface area contributed by atoms with Crippen molar-refractivity contribution in [3.05, 3.63) is 108 Å². The third-order valence-electron chi connectivity index (χ3n) is 7.70. The van der Waals surface area contributed by atoms with Crippen molar-refractivity contribution in [1.29, 1.82) is 0 Å². The first-order valence-electron chi connectivity index (χ1n) is 14.3. The van der Waals surface area contributed by atoms with Gasteiger partial charge in [0.05, 0.1) is 11.5 Å². The van der Waals surface area contributed by atoms with Crippen LogP contribution in [0.25, 0.3) is 0 Å². The SMILES string of the molecule is CCCCCCCCCCCC[C@@H](O)C(O)C(O)C(c1ccccc1)(c1ccccc1)c1ccccc1. The smallest absolute Gasteiger partial charge is 0.107 e. The monoisotopic (exact) mass is 502 g/mol. The lowest BCUT2D eigenvalue weighted by Gasteiger charge is -2.43. The standard InChI is InChI=1S/C34H46O3/c1-2-3-4-5-6-7-8-9-10-20-27-31(35)32(36)33(37)34(28-21-14-11-15-22-28,29-23-16-12-17-24-29)30-25-18-13-19-26-30/h11-19,21-26,31-33,35-37H,2-10,20,27H2,1H3/t31-,32?,33?/m1/s1. The fourth-order valence-corrected chi connectivity index (χ4v) is 5.59. The Balaban J connectivity index is 1.71. The maximum Gasteiger partial charge on any atom is 0.107 e. The Hall–Kier alpha value is -2.46. The predicted molar refractivity (Wildman–Crippen MR) is 154 cm³/mol. The van der Waals surface area contributed by atoms with Gasteiger partial charge in [-0.2, -0.15) is 0 Å². The van der Waals surface area contributed by atoms with Crippen LogP contribution in [0.4, 0.5) is 0 Å². The molecule has 37 heavy (non-hydrogen) atoms. The van der Waals surface area contributed by atoms with E-state index in [-0.39, 0.29) is 0 Å². The Morgan fingerprint density at radius 1 is 0.514 bits per heavy atom.